The van der Waals surface area contributed by atoms with Crippen LogP contribution >= 0.6 is 0 Å². The second kappa shape index (κ2) is 8.15. The summed E-state index contributed by atoms with van der Waals surface area (Å²) in [4.78, 5) is 32.7. The number of carbonyl (C=O) groups excluding carboxylic acids is 1. The van der Waals surface area contributed by atoms with Gasteiger partial charge in [-0.1, -0.05) is 31.0 Å². The predicted molar refractivity (Wildman–Crippen MR) is 113 cm³/mol. The van der Waals surface area contributed by atoms with Gasteiger partial charge in [0.25, 0.3) is 11.5 Å². The minimum Gasteiger partial charge on any atom is -0.330 e. The predicted octanol–water partition coefficient (Wildman–Crippen LogP) is 4.13. The molecule has 0 saturated carbocycles. The summed E-state index contributed by atoms with van der Waals surface area (Å²) < 4.78 is 1.43. The second-order valence-corrected chi connectivity index (χ2v) is 7.88. The van der Waals surface area contributed by atoms with Gasteiger partial charge in [-0.25, -0.2) is 4.68 Å². The Morgan fingerprint density at radius 2 is 1.76 bits per heavy atom. The van der Waals surface area contributed by atoms with Crippen molar-refractivity contribution in [1.82, 2.24) is 19.7 Å². The number of rotatable bonds is 3. The SMILES string of the molecule is CC(C)n1nc(C(=O)N2CCCCCC2c2ccncc2)c2ccccc2c1=O. The van der Waals surface area contributed by atoms with E-state index in [0.717, 1.165) is 31.2 Å². The lowest BCUT2D eigenvalue weighted by Gasteiger charge is -2.30. The summed E-state index contributed by atoms with van der Waals surface area (Å²) in [5.74, 6) is -0.112. The van der Waals surface area contributed by atoms with Crippen molar-refractivity contribution in [2.45, 2.75) is 51.6 Å². The lowest BCUT2D eigenvalue weighted by Crippen LogP contribution is -2.37. The smallest absolute Gasteiger partial charge is 0.275 e. The maximum Gasteiger partial charge on any atom is 0.275 e. The van der Waals surface area contributed by atoms with Crippen molar-refractivity contribution >= 4 is 16.7 Å². The number of pyridine rings is 1. The topological polar surface area (TPSA) is 68.1 Å². The molecule has 1 unspecified atom stereocenters. The van der Waals surface area contributed by atoms with Crippen LogP contribution in [0.2, 0.25) is 0 Å². The van der Waals surface area contributed by atoms with Gasteiger partial charge in [0.2, 0.25) is 0 Å². The molecule has 0 spiro atoms. The van der Waals surface area contributed by atoms with E-state index in [2.05, 4.69) is 10.1 Å². The Morgan fingerprint density at radius 1 is 1.03 bits per heavy atom. The van der Waals surface area contributed by atoms with Crippen molar-refractivity contribution in [2.75, 3.05) is 6.54 Å². The third-order valence-electron chi connectivity index (χ3n) is 5.62. The van der Waals surface area contributed by atoms with Crippen molar-refractivity contribution in [3.8, 4) is 0 Å². The lowest BCUT2D eigenvalue weighted by molar-refractivity contribution is 0.0674. The van der Waals surface area contributed by atoms with Gasteiger partial charge < -0.3 is 4.90 Å². The summed E-state index contributed by atoms with van der Waals surface area (Å²) >= 11 is 0. The van der Waals surface area contributed by atoms with E-state index in [1.54, 1.807) is 18.5 Å². The molecule has 1 aromatic carbocycles. The van der Waals surface area contributed by atoms with Gasteiger partial charge in [-0.05, 0) is 50.5 Å². The summed E-state index contributed by atoms with van der Waals surface area (Å²) in [6, 6.07) is 11.1. The molecule has 0 bridgehead atoms. The molecule has 1 saturated heterocycles. The first-order valence-corrected chi connectivity index (χ1v) is 10.3. The maximum absolute atomic E-state index is 13.8. The van der Waals surface area contributed by atoms with E-state index < -0.39 is 0 Å². The van der Waals surface area contributed by atoms with E-state index >= 15 is 0 Å². The fourth-order valence-electron chi connectivity index (χ4n) is 4.13. The van der Waals surface area contributed by atoms with Gasteiger partial charge in [-0.15, -0.1) is 0 Å². The summed E-state index contributed by atoms with van der Waals surface area (Å²) in [7, 11) is 0. The average Bonchev–Trinajstić information content (AvgIpc) is 3.00. The van der Waals surface area contributed by atoms with Gasteiger partial charge in [-0.3, -0.25) is 14.6 Å². The van der Waals surface area contributed by atoms with Crippen molar-refractivity contribution in [1.29, 1.82) is 0 Å². The monoisotopic (exact) mass is 390 g/mol. The minimum absolute atomic E-state index is 0.00649. The van der Waals surface area contributed by atoms with E-state index in [1.807, 2.05) is 49.1 Å². The first-order chi connectivity index (χ1) is 14.1. The third-order valence-corrected chi connectivity index (χ3v) is 5.62. The summed E-state index contributed by atoms with van der Waals surface area (Å²) in [5, 5.41) is 5.69. The zero-order chi connectivity index (χ0) is 20.4. The molecule has 6 nitrogen and oxygen atoms in total. The van der Waals surface area contributed by atoms with Crippen LogP contribution in [0.3, 0.4) is 0 Å². The van der Waals surface area contributed by atoms with Gasteiger partial charge in [-0.2, -0.15) is 5.10 Å². The molecule has 1 atom stereocenters. The molecular formula is C23H26N4O2. The highest BCUT2D eigenvalue weighted by Crippen LogP contribution is 2.31. The molecule has 1 amide bonds. The first-order valence-electron chi connectivity index (χ1n) is 10.3. The number of aromatic nitrogens is 3. The van der Waals surface area contributed by atoms with E-state index in [0.29, 0.717) is 23.0 Å². The molecule has 1 fully saturated rings. The maximum atomic E-state index is 13.8. The lowest BCUT2D eigenvalue weighted by atomic mass is 10.0. The number of nitrogens with zero attached hydrogens (tertiary/aromatic N) is 4. The largest absolute Gasteiger partial charge is 0.330 e. The van der Waals surface area contributed by atoms with Crippen molar-refractivity contribution in [2.24, 2.45) is 0 Å². The molecule has 0 N–H and O–H groups in total. The highest BCUT2D eigenvalue weighted by molar-refractivity contribution is 6.05. The molecule has 3 aromatic rings. The van der Waals surface area contributed by atoms with E-state index in [-0.39, 0.29) is 23.6 Å². The zero-order valence-electron chi connectivity index (χ0n) is 16.9. The summed E-state index contributed by atoms with van der Waals surface area (Å²) in [6.45, 7) is 4.49. The fraction of sp³-hybridized carbons (Fsp3) is 0.391. The van der Waals surface area contributed by atoms with Crippen LogP contribution in [0, 0.1) is 0 Å². The van der Waals surface area contributed by atoms with Crippen LogP contribution in [0.15, 0.2) is 53.6 Å². The molecule has 150 valence electrons. The van der Waals surface area contributed by atoms with E-state index in [9.17, 15) is 9.59 Å². The minimum atomic E-state index is -0.159. The Morgan fingerprint density at radius 3 is 2.48 bits per heavy atom. The number of likely N-dealkylation sites (tertiary alicyclic amines) is 1. The van der Waals surface area contributed by atoms with Gasteiger partial charge in [0.15, 0.2) is 5.69 Å². The number of hydrogen-bond acceptors (Lipinski definition) is 4. The molecule has 2 aromatic heterocycles. The van der Waals surface area contributed by atoms with E-state index in [1.165, 1.54) is 4.68 Å². The van der Waals surface area contributed by atoms with Crippen LogP contribution < -0.4 is 5.56 Å². The van der Waals surface area contributed by atoms with Crippen molar-refractivity contribution in [3.05, 3.63) is 70.4 Å². The average molecular weight is 390 g/mol. The van der Waals surface area contributed by atoms with Crippen LogP contribution in [0.5, 0.6) is 0 Å². The molecule has 0 aliphatic carbocycles. The standard InChI is InChI=1S/C23H26N4O2/c1-16(2)27-22(28)19-9-6-5-8-18(19)21(25-27)23(29)26-15-7-3-4-10-20(26)17-11-13-24-14-12-17/h5-6,8-9,11-14,16,20H,3-4,7,10,15H2,1-2H3. The molecular weight excluding hydrogens is 364 g/mol. The molecule has 0 radical (unpaired) electrons. The van der Waals surface area contributed by atoms with Crippen LogP contribution in [-0.4, -0.2) is 32.1 Å². The van der Waals surface area contributed by atoms with Crippen LogP contribution in [0.4, 0.5) is 0 Å². The van der Waals surface area contributed by atoms with Gasteiger partial charge in [0.05, 0.1) is 17.5 Å². The van der Waals surface area contributed by atoms with E-state index in [4.69, 9.17) is 0 Å². The second-order valence-electron chi connectivity index (χ2n) is 7.88. The Balaban J connectivity index is 1.85. The molecule has 29 heavy (non-hydrogen) atoms. The van der Waals surface area contributed by atoms with Gasteiger partial charge in [0, 0.05) is 24.3 Å². The summed E-state index contributed by atoms with van der Waals surface area (Å²) in [5.41, 5.74) is 1.29. The number of hydrogen-bond donors (Lipinski definition) is 0. The molecule has 3 heterocycles. The number of amides is 1. The van der Waals surface area contributed by atoms with Crippen LogP contribution in [-0.2, 0) is 0 Å². The quantitative estimate of drug-likeness (QED) is 0.674. The Bertz CT molecular complexity index is 1080. The highest BCUT2D eigenvalue weighted by Gasteiger charge is 2.30. The Kier molecular flexibility index (Phi) is 5.43. The number of fused-ring (bicyclic) bond motifs is 1. The normalized spacial score (nSPS) is 17.5. The third kappa shape index (κ3) is 3.67. The molecule has 1 aliphatic rings. The van der Waals surface area contributed by atoms with Crippen LogP contribution in [0.25, 0.3) is 10.8 Å². The number of benzene rings is 1. The fourth-order valence-corrected chi connectivity index (χ4v) is 4.13. The first kappa shape index (κ1) is 19.3. The van der Waals surface area contributed by atoms with Gasteiger partial charge in [0.1, 0.15) is 0 Å². The number of carbonyl (C=O) groups is 1. The molecule has 4 rings (SSSR count). The van der Waals surface area contributed by atoms with Crippen molar-refractivity contribution < 1.29 is 4.79 Å². The highest BCUT2D eigenvalue weighted by atomic mass is 16.2. The zero-order valence-corrected chi connectivity index (χ0v) is 16.9. The van der Waals surface area contributed by atoms with Gasteiger partial charge >= 0.3 is 0 Å². The van der Waals surface area contributed by atoms with Crippen molar-refractivity contribution in [3.63, 3.8) is 0 Å². The summed E-state index contributed by atoms with van der Waals surface area (Å²) in [6.07, 6.45) is 7.61. The van der Waals surface area contributed by atoms with Crippen LogP contribution in [0.1, 0.15) is 67.7 Å². The molecule has 6 heteroatoms. The molecule has 1 aliphatic heterocycles. The Labute approximate surface area is 170 Å². The Hall–Kier alpha value is -3.02.